The molecule has 0 amide bonds. The minimum Gasteiger partial charge on any atom is -0.496 e. The predicted molar refractivity (Wildman–Crippen MR) is 82.8 cm³/mol. The van der Waals surface area contributed by atoms with Crippen molar-refractivity contribution in [1.29, 1.82) is 0 Å². The number of hydrogen-bond donors (Lipinski definition) is 1. The molecule has 0 spiro atoms. The zero-order valence-electron chi connectivity index (χ0n) is 13.4. The Labute approximate surface area is 127 Å². The van der Waals surface area contributed by atoms with Gasteiger partial charge in [0, 0.05) is 36.9 Å². The van der Waals surface area contributed by atoms with Gasteiger partial charge in [0.05, 0.1) is 20.8 Å². The summed E-state index contributed by atoms with van der Waals surface area (Å²) in [6.07, 6.45) is 1.06. The number of likely N-dealkylation sites (tertiary alicyclic amines) is 1. The highest BCUT2D eigenvalue weighted by atomic mass is 16.5. The third-order valence-electron chi connectivity index (χ3n) is 4.26. The molecule has 1 fully saturated rings. The molecule has 0 saturated carbocycles. The Morgan fingerprint density at radius 3 is 2.43 bits per heavy atom. The maximum Gasteiger partial charge on any atom is 0.128 e. The second-order valence-corrected chi connectivity index (χ2v) is 5.63. The molecule has 5 nitrogen and oxygen atoms in total. The summed E-state index contributed by atoms with van der Waals surface area (Å²) in [7, 11) is 7.19. The topological polar surface area (TPSA) is 57.0 Å². The van der Waals surface area contributed by atoms with Gasteiger partial charge in [-0.25, -0.2) is 0 Å². The van der Waals surface area contributed by atoms with Crippen molar-refractivity contribution < 1.29 is 14.2 Å². The van der Waals surface area contributed by atoms with Crippen molar-refractivity contribution in [2.45, 2.75) is 19.1 Å². The molecule has 2 N–H and O–H groups in total. The first-order chi connectivity index (χ1) is 10.1. The normalized spacial score (nSPS) is 22.5. The highest BCUT2D eigenvalue weighted by Gasteiger charge is 2.32. The van der Waals surface area contributed by atoms with Crippen LogP contribution in [0, 0.1) is 5.92 Å². The molecule has 0 radical (unpaired) electrons. The van der Waals surface area contributed by atoms with Crippen LogP contribution in [0.2, 0.25) is 0 Å². The van der Waals surface area contributed by atoms with Gasteiger partial charge >= 0.3 is 0 Å². The predicted octanol–water partition coefficient (Wildman–Crippen LogP) is 1.80. The molecule has 1 aromatic rings. The summed E-state index contributed by atoms with van der Waals surface area (Å²) < 4.78 is 16.3. The average molecular weight is 294 g/mol. The quantitative estimate of drug-likeness (QED) is 0.867. The molecular weight excluding hydrogens is 268 g/mol. The molecule has 1 saturated heterocycles. The van der Waals surface area contributed by atoms with E-state index < -0.39 is 0 Å². The number of rotatable bonds is 6. The van der Waals surface area contributed by atoms with Crippen LogP contribution < -0.4 is 15.2 Å². The van der Waals surface area contributed by atoms with E-state index in [1.54, 1.807) is 21.3 Å². The van der Waals surface area contributed by atoms with Gasteiger partial charge in [0.15, 0.2) is 0 Å². The fourth-order valence-corrected chi connectivity index (χ4v) is 3.16. The third kappa shape index (κ3) is 3.31. The minimum atomic E-state index is 0.329. The Balaban J connectivity index is 2.39. The summed E-state index contributed by atoms with van der Waals surface area (Å²) >= 11 is 0. The summed E-state index contributed by atoms with van der Waals surface area (Å²) in [5.74, 6) is 2.20. The molecule has 1 aromatic carbocycles. The van der Waals surface area contributed by atoms with Crippen LogP contribution in [-0.4, -0.2) is 46.4 Å². The van der Waals surface area contributed by atoms with E-state index in [1.165, 1.54) is 5.56 Å². The Morgan fingerprint density at radius 1 is 1.19 bits per heavy atom. The number of benzene rings is 1. The van der Waals surface area contributed by atoms with Gasteiger partial charge in [-0.2, -0.15) is 0 Å². The Bertz CT molecular complexity index is 479. The van der Waals surface area contributed by atoms with Crippen molar-refractivity contribution in [3.05, 3.63) is 23.3 Å². The molecule has 0 aromatic heterocycles. The van der Waals surface area contributed by atoms with Gasteiger partial charge in [0.25, 0.3) is 0 Å². The lowest BCUT2D eigenvalue weighted by Crippen LogP contribution is -2.21. The lowest BCUT2D eigenvalue weighted by atomic mass is 9.97. The summed E-state index contributed by atoms with van der Waals surface area (Å²) in [5.41, 5.74) is 8.06. The Hall–Kier alpha value is -1.30. The molecular formula is C16H26N2O3. The molecule has 0 aliphatic carbocycles. The van der Waals surface area contributed by atoms with E-state index in [-0.39, 0.29) is 0 Å². The number of ether oxygens (including phenoxy) is 3. The summed E-state index contributed by atoms with van der Waals surface area (Å²) in [6, 6.07) is 4.42. The molecule has 21 heavy (non-hydrogen) atoms. The van der Waals surface area contributed by atoms with E-state index >= 15 is 0 Å². The Morgan fingerprint density at radius 2 is 1.90 bits per heavy atom. The van der Waals surface area contributed by atoms with Crippen molar-refractivity contribution in [1.82, 2.24) is 4.90 Å². The molecule has 2 rings (SSSR count). The molecule has 5 heteroatoms. The van der Waals surface area contributed by atoms with Gasteiger partial charge in [0.2, 0.25) is 0 Å². The lowest BCUT2D eigenvalue weighted by Gasteiger charge is -2.23. The maximum atomic E-state index is 5.83. The van der Waals surface area contributed by atoms with Crippen molar-refractivity contribution in [2.24, 2.45) is 11.7 Å². The van der Waals surface area contributed by atoms with Gasteiger partial charge < -0.3 is 19.9 Å². The number of methoxy groups -OCH3 is 3. The van der Waals surface area contributed by atoms with E-state index in [9.17, 15) is 0 Å². The molecule has 118 valence electrons. The second kappa shape index (κ2) is 7.11. The van der Waals surface area contributed by atoms with Gasteiger partial charge in [-0.3, -0.25) is 4.90 Å². The van der Waals surface area contributed by atoms with Crippen LogP contribution in [0.5, 0.6) is 11.5 Å². The highest BCUT2D eigenvalue weighted by molar-refractivity contribution is 5.48. The summed E-state index contributed by atoms with van der Waals surface area (Å²) in [4.78, 5) is 2.35. The van der Waals surface area contributed by atoms with Crippen LogP contribution in [0.1, 0.15) is 23.6 Å². The monoisotopic (exact) mass is 294 g/mol. The largest absolute Gasteiger partial charge is 0.496 e. The van der Waals surface area contributed by atoms with Crippen molar-refractivity contribution in [2.75, 3.05) is 41.5 Å². The SMILES string of the molecule is COCc1cc(C2CC(CN)CN2C)c(OC)cc1OC. The third-order valence-corrected chi connectivity index (χ3v) is 4.26. The van der Waals surface area contributed by atoms with Crippen molar-refractivity contribution >= 4 is 0 Å². The summed E-state index contributed by atoms with van der Waals surface area (Å²) in [6.45, 7) is 2.27. The molecule has 0 bridgehead atoms. The van der Waals surface area contributed by atoms with E-state index in [0.717, 1.165) is 36.6 Å². The number of nitrogens with zero attached hydrogens (tertiary/aromatic N) is 1. The van der Waals surface area contributed by atoms with Crippen molar-refractivity contribution in [3.63, 3.8) is 0 Å². The first-order valence-electron chi connectivity index (χ1n) is 7.28. The van der Waals surface area contributed by atoms with Crippen LogP contribution in [0.15, 0.2) is 12.1 Å². The molecule has 1 heterocycles. The molecule has 1 aliphatic rings. The molecule has 2 atom stereocenters. The first kappa shape index (κ1) is 16.1. The van der Waals surface area contributed by atoms with Gasteiger partial charge in [0.1, 0.15) is 11.5 Å². The zero-order valence-corrected chi connectivity index (χ0v) is 13.4. The average Bonchev–Trinajstić information content (AvgIpc) is 2.88. The van der Waals surface area contributed by atoms with E-state index in [1.807, 2.05) is 6.07 Å². The van der Waals surface area contributed by atoms with E-state index in [0.29, 0.717) is 18.6 Å². The minimum absolute atomic E-state index is 0.329. The molecule has 2 unspecified atom stereocenters. The van der Waals surface area contributed by atoms with Crippen LogP contribution in [0.4, 0.5) is 0 Å². The van der Waals surface area contributed by atoms with Gasteiger partial charge in [-0.05, 0) is 32.0 Å². The van der Waals surface area contributed by atoms with E-state index in [2.05, 4.69) is 18.0 Å². The Kier molecular flexibility index (Phi) is 5.45. The highest BCUT2D eigenvalue weighted by Crippen LogP contribution is 2.41. The maximum absolute atomic E-state index is 5.83. The van der Waals surface area contributed by atoms with Crippen LogP contribution >= 0.6 is 0 Å². The lowest BCUT2D eigenvalue weighted by molar-refractivity contribution is 0.181. The fourth-order valence-electron chi connectivity index (χ4n) is 3.16. The van der Waals surface area contributed by atoms with Gasteiger partial charge in [-0.1, -0.05) is 0 Å². The van der Waals surface area contributed by atoms with Crippen LogP contribution in [0.3, 0.4) is 0 Å². The zero-order chi connectivity index (χ0) is 15.4. The van der Waals surface area contributed by atoms with E-state index in [4.69, 9.17) is 19.9 Å². The fraction of sp³-hybridized carbons (Fsp3) is 0.625. The summed E-state index contributed by atoms with van der Waals surface area (Å²) in [5, 5.41) is 0. The molecule has 1 aliphatic heterocycles. The van der Waals surface area contributed by atoms with Crippen LogP contribution in [-0.2, 0) is 11.3 Å². The smallest absolute Gasteiger partial charge is 0.128 e. The second-order valence-electron chi connectivity index (χ2n) is 5.63. The first-order valence-corrected chi connectivity index (χ1v) is 7.28. The van der Waals surface area contributed by atoms with Crippen LogP contribution in [0.25, 0.3) is 0 Å². The standard InChI is InChI=1S/C16H26N2O3/c1-18-9-11(8-17)5-14(18)13-6-12(10-19-2)15(20-3)7-16(13)21-4/h6-7,11,14H,5,8-10,17H2,1-4H3. The number of hydrogen-bond acceptors (Lipinski definition) is 5. The van der Waals surface area contributed by atoms with Gasteiger partial charge in [-0.15, -0.1) is 0 Å². The van der Waals surface area contributed by atoms with Crippen molar-refractivity contribution in [3.8, 4) is 11.5 Å². The number of nitrogens with two attached hydrogens (primary N) is 1.